The largest absolute Gasteiger partial charge is 0.390 e. The first-order valence-corrected chi connectivity index (χ1v) is 8.23. The van der Waals surface area contributed by atoms with Gasteiger partial charge in [0, 0.05) is 24.5 Å². The first kappa shape index (κ1) is 14.6. The second-order valence-electron chi connectivity index (χ2n) is 5.48. The number of nitrogens with one attached hydrogen (secondary N) is 1. The minimum absolute atomic E-state index is 0.123. The molecule has 0 aliphatic heterocycles. The monoisotopic (exact) mass is 286 g/mol. The maximum absolute atomic E-state index is 12.2. The van der Waals surface area contributed by atoms with Crippen LogP contribution in [-0.2, 0) is 16.6 Å². The van der Waals surface area contributed by atoms with E-state index in [0.717, 1.165) is 12.8 Å². The van der Waals surface area contributed by atoms with Crippen LogP contribution in [0.15, 0.2) is 17.2 Å². The highest BCUT2D eigenvalue weighted by Crippen LogP contribution is 2.26. The van der Waals surface area contributed by atoms with Crippen molar-refractivity contribution in [2.75, 3.05) is 6.54 Å². The lowest BCUT2D eigenvalue weighted by molar-refractivity contribution is 0.268. The Labute approximate surface area is 114 Å². The standard InChI is InChI=1S/C13H22N2O3S/c1-10(2)15-8-13(6-12(15)9-16)19(17,18)14-7-11-4-3-5-11/h6,8,10-11,14,16H,3-5,7,9H2,1-2H3. The van der Waals surface area contributed by atoms with Crippen LogP contribution in [0, 0.1) is 5.92 Å². The first-order valence-electron chi connectivity index (χ1n) is 6.75. The lowest BCUT2D eigenvalue weighted by atomic mass is 9.86. The van der Waals surface area contributed by atoms with Crippen molar-refractivity contribution in [1.82, 2.24) is 9.29 Å². The molecule has 1 fully saturated rings. The fourth-order valence-corrected chi connectivity index (χ4v) is 3.42. The highest BCUT2D eigenvalue weighted by molar-refractivity contribution is 7.89. The summed E-state index contributed by atoms with van der Waals surface area (Å²) < 4.78 is 28.8. The molecule has 1 saturated carbocycles. The summed E-state index contributed by atoms with van der Waals surface area (Å²) in [5.41, 5.74) is 0.624. The molecule has 0 atom stereocenters. The van der Waals surface area contributed by atoms with Crippen molar-refractivity contribution in [3.05, 3.63) is 18.0 Å². The van der Waals surface area contributed by atoms with E-state index in [1.165, 1.54) is 6.42 Å². The number of hydrogen-bond donors (Lipinski definition) is 2. The lowest BCUT2D eigenvalue weighted by Gasteiger charge is -2.25. The summed E-state index contributed by atoms with van der Waals surface area (Å²) in [5.74, 6) is 0.485. The predicted molar refractivity (Wildman–Crippen MR) is 73.3 cm³/mol. The summed E-state index contributed by atoms with van der Waals surface area (Å²) >= 11 is 0. The van der Waals surface area contributed by atoms with Gasteiger partial charge in [0.05, 0.1) is 11.5 Å². The van der Waals surface area contributed by atoms with Crippen molar-refractivity contribution in [3.63, 3.8) is 0 Å². The van der Waals surface area contributed by atoms with Crippen molar-refractivity contribution in [1.29, 1.82) is 0 Å². The molecule has 1 aromatic rings. The highest BCUT2D eigenvalue weighted by Gasteiger charge is 2.23. The molecule has 108 valence electrons. The van der Waals surface area contributed by atoms with Crippen LogP contribution in [0.2, 0.25) is 0 Å². The maximum Gasteiger partial charge on any atom is 0.242 e. The Morgan fingerprint density at radius 3 is 2.58 bits per heavy atom. The molecule has 19 heavy (non-hydrogen) atoms. The Hall–Kier alpha value is -0.850. The van der Waals surface area contributed by atoms with Crippen molar-refractivity contribution in [3.8, 4) is 0 Å². The van der Waals surface area contributed by atoms with Crippen LogP contribution in [0.3, 0.4) is 0 Å². The quantitative estimate of drug-likeness (QED) is 0.835. The van der Waals surface area contributed by atoms with Gasteiger partial charge in [-0.2, -0.15) is 0 Å². The molecule has 1 aliphatic rings. The second kappa shape index (κ2) is 5.64. The van der Waals surface area contributed by atoms with Gasteiger partial charge in [0.2, 0.25) is 10.0 Å². The zero-order valence-corrected chi connectivity index (χ0v) is 12.3. The molecule has 1 aliphatic carbocycles. The number of aliphatic hydroxyl groups is 1. The normalized spacial score (nSPS) is 16.8. The molecule has 1 aromatic heterocycles. The van der Waals surface area contributed by atoms with E-state index >= 15 is 0 Å². The van der Waals surface area contributed by atoms with E-state index < -0.39 is 10.0 Å². The van der Waals surface area contributed by atoms with E-state index in [2.05, 4.69) is 4.72 Å². The molecule has 0 amide bonds. The van der Waals surface area contributed by atoms with Gasteiger partial charge in [-0.15, -0.1) is 0 Å². The van der Waals surface area contributed by atoms with Gasteiger partial charge in [-0.25, -0.2) is 13.1 Å². The van der Waals surface area contributed by atoms with Crippen LogP contribution in [-0.4, -0.2) is 24.6 Å². The molecule has 0 saturated heterocycles. The fourth-order valence-electron chi connectivity index (χ4n) is 2.26. The third-order valence-corrected chi connectivity index (χ3v) is 5.11. The SMILES string of the molecule is CC(C)n1cc(S(=O)(=O)NCC2CCC2)cc1CO. The number of aliphatic hydroxyl groups excluding tert-OH is 1. The van der Waals surface area contributed by atoms with E-state index in [9.17, 15) is 13.5 Å². The summed E-state index contributed by atoms with van der Waals surface area (Å²) in [7, 11) is -3.46. The van der Waals surface area contributed by atoms with Crippen LogP contribution in [0.1, 0.15) is 44.8 Å². The third kappa shape index (κ3) is 3.19. The summed E-state index contributed by atoms with van der Waals surface area (Å²) in [4.78, 5) is 0.240. The zero-order valence-electron chi connectivity index (χ0n) is 11.5. The Morgan fingerprint density at radius 1 is 1.47 bits per heavy atom. The molecule has 2 rings (SSSR count). The van der Waals surface area contributed by atoms with E-state index in [1.54, 1.807) is 16.8 Å². The van der Waals surface area contributed by atoms with Gasteiger partial charge in [-0.1, -0.05) is 6.42 Å². The van der Waals surface area contributed by atoms with Crippen molar-refractivity contribution >= 4 is 10.0 Å². The Morgan fingerprint density at radius 2 is 2.16 bits per heavy atom. The van der Waals surface area contributed by atoms with Gasteiger partial charge in [-0.05, 0) is 38.7 Å². The van der Waals surface area contributed by atoms with Crippen LogP contribution >= 0.6 is 0 Å². The number of rotatable bonds is 6. The van der Waals surface area contributed by atoms with E-state index in [1.807, 2.05) is 13.8 Å². The van der Waals surface area contributed by atoms with E-state index in [4.69, 9.17) is 0 Å². The topological polar surface area (TPSA) is 71.3 Å². The molecular weight excluding hydrogens is 264 g/mol. The predicted octanol–water partition coefficient (Wildman–Crippen LogP) is 1.64. The van der Waals surface area contributed by atoms with Crippen molar-refractivity contribution in [2.45, 2.75) is 50.7 Å². The summed E-state index contributed by atoms with van der Waals surface area (Å²) in [6.45, 7) is 4.27. The Balaban J connectivity index is 2.14. The number of nitrogens with zero attached hydrogens (tertiary/aromatic N) is 1. The van der Waals surface area contributed by atoms with Crippen molar-refractivity contribution in [2.24, 2.45) is 5.92 Å². The molecule has 5 nitrogen and oxygen atoms in total. The first-order chi connectivity index (χ1) is 8.94. The van der Waals surface area contributed by atoms with Gasteiger partial charge < -0.3 is 9.67 Å². The molecule has 0 radical (unpaired) electrons. The molecular formula is C13H22N2O3S. The van der Waals surface area contributed by atoms with Gasteiger partial charge in [0.1, 0.15) is 0 Å². The number of aromatic nitrogens is 1. The fraction of sp³-hybridized carbons (Fsp3) is 0.692. The van der Waals surface area contributed by atoms with Crippen LogP contribution in [0.4, 0.5) is 0 Å². The molecule has 0 bridgehead atoms. The maximum atomic E-state index is 12.2. The van der Waals surface area contributed by atoms with Crippen LogP contribution in [0.5, 0.6) is 0 Å². The molecule has 6 heteroatoms. The average molecular weight is 286 g/mol. The van der Waals surface area contributed by atoms with Crippen LogP contribution in [0.25, 0.3) is 0 Å². The van der Waals surface area contributed by atoms with Crippen molar-refractivity contribution < 1.29 is 13.5 Å². The molecule has 0 aromatic carbocycles. The Kier molecular flexibility index (Phi) is 4.32. The minimum Gasteiger partial charge on any atom is -0.390 e. The molecule has 0 unspecified atom stereocenters. The third-order valence-electron chi connectivity index (χ3n) is 3.72. The summed E-state index contributed by atoms with van der Waals surface area (Å²) in [6, 6.07) is 1.67. The van der Waals surface area contributed by atoms with Crippen LogP contribution < -0.4 is 4.72 Å². The smallest absolute Gasteiger partial charge is 0.242 e. The highest BCUT2D eigenvalue weighted by atomic mass is 32.2. The average Bonchev–Trinajstić information content (AvgIpc) is 2.71. The molecule has 0 spiro atoms. The summed E-state index contributed by atoms with van der Waals surface area (Å²) in [6.07, 6.45) is 5.01. The zero-order chi connectivity index (χ0) is 14.0. The second-order valence-corrected chi connectivity index (χ2v) is 7.24. The number of hydrogen-bond acceptors (Lipinski definition) is 3. The molecule has 1 heterocycles. The van der Waals surface area contributed by atoms with E-state index in [-0.39, 0.29) is 17.5 Å². The van der Waals surface area contributed by atoms with Gasteiger partial charge >= 0.3 is 0 Å². The summed E-state index contributed by atoms with van der Waals surface area (Å²) in [5, 5.41) is 9.28. The molecule has 2 N–H and O–H groups in total. The lowest BCUT2D eigenvalue weighted by Crippen LogP contribution is -2.32. The van der Waals surface area contributed by atoms with Gasteiger partial charge in [0.25, 0.3) is 0 Å². The minimum atomic E-state index is -3.46. The van der Waals surface area contributed by atoms with E-state index in [0.29, 0.717) is 18.2 Å². The van der Waals surface area contributed by atoms with Gasteiger partial charge in [0.15, 0.2) is 0 Å². The van der Waals surface area contributed by atoms with Gasteiger partial charge in [-0.3, -0.25) is 0 Å². The number of sulfonamides is 1. The Bertz CT molecular complexity index is 530.